The number of anilines is 1. The molecule has 1 atom stereocenters. The van der Waals surface area contributed by atoms with Crippen LogP contribution in [0.3, 0.4) is 0 Å². The largest absolute Gasteiger partial charge is 0.463 e. The maximum atomic E-state index is 13.2. The lowest BCUT2D eigenvalue weighted by atomic mass is 10.2. The van der Waals surface area contributed by atoms with E-state index < -0.39 is 33.9 Å². The molecular weight excluding hydrogens is 377 g/mol. The Balaban J connectivity index is 1.71. The van der Waals surface area contributed by atoms with Gasteiger partial charge in [0.1, 0.15) is 5.82 Å². The lowest BCUT2D eigenvalue weighted by molar-refractivity contribution is -0.145. The Morgan fingerprint density at radius 1 is 1.22 bits per heavy atom. The number of ether oxygens (including phenoxy) is 2. The number of sulfonamides is 1. The number of hydrogen-bond acceptors (Lipinski definition) is 6. The fourth-order valence-electron chi connectivity index (χ4n) is 2.58. The zero-order valence-electron chi connectivity index (χ0n) is 14.3. The van der Waals surface area contributed by atoms with Crippen molar-refractivity contribution in [2.24, 2.45) is 0 Å². The number of rotatable bonds is 5. The third-order valence-electron chi connectivity index (χ3n) is 3.94. The first-order chi connectivity index (χ1) is 12.8. The highest BCUT2D eigenvalue weighted by molar-refractivity contribution is 7.92. The molecule has 3 rings (SSSR count). The highest BCUT2D eigenvalue weighted by Crippen LogP contribution is 2.21. The molecule has 2 aromatic rings. The van der Waals surface area contributed by atoms with E-state index in [1.165, 1.54) is 37.3 Å². The molecule has 0 amide bonds. The van der Waals surface area contributed by atoms with Gasteiger partial charge in [0.2, 0.25) is 6.10 Å². The molecule has 2 aromatic carbocycles. The Morgan fingerprint density at radius 2 is 1.93 bits per heavy atom. The maximum Gasteiger partial charge on any atom is 0.347 e. The van der Waals surface area contributed by atoms with Crippen molar-refractivity contribution < 1.29 is 31.9 Å². The minimum Gasteiger partial charge on any atom is -0.463 e. The summed E-state index contributed by atoms with van der Waals surface area (Å²) in [7, 11) is -3.91. The van der Waals surface area contributed by atoms with Crippen molar-refractivity contribution in [3.63, 3.8) is 0 Å². The van der Waals surface area contributed by atoms with Crippen LogP contribution in [0.2, 0.25) is 0 Å². The summed E-state index contributed by atoms with van der Waals surface area (Å²) in [5.74, 6) is -1.81. The lowest BCUT2D eigenvalue weighted by Gasteiger charge is -2.11. The van der Waals surface area contributed by atoms with E-state index in [1.54, 1.807) is 0 Å². The monoisotopic (exact) mass is 393 g/mol. The molecule has 1 N–H and O–H groups in total. The molecule has 1 saturated heterocycles. The summed E-state index contributed by atoms with van der Waals surface area (Å²) in [6, 6.07) is 8.89. The van der Waals surface area contributed by atoms with Gasteiger partial charge in [-0.15, -0.1) is 0 Å². The predicted molar refractivity (Wildman–Crippen MR) is 93.2 cm³/mol. The van der Waals surface area contributed by atoms with E-state index in [1.807, 2.05) is 0 Å². The SMILES string of the molecule is Cc1cc(F)ccc1S(=O)(=O)Nc1ccc(C(=O)OC2CCOC2=O)cc1. The van der Waals surface area contributed by atoms with E-state index in [2.05, 4.69) is 4.72 Å². The van der Waals surface area contributed by atoms with Crippen molar-refractivity contribution in [2.45, 2.75) is 24.3 Å². The second kappa shape index (κ2) is 7.36. The average Bonchev–Trinajstić information content (AvgIpc) is 2.99. The van der Waals surface area contributed by atoms with Crippen LogP contribution in [0.1, 0.15) is 22.3 Å². The van der Waals surface area contributed by atoms with E-state index >= 15 is 0 Å². The second-order valence-corrected chi connectivity index (χ2v) is 7.59. The summed E-state index contributed by atoms with van der Waals surface area (Å²) in [5, 5.41) is 0. The molecule has 1 unspecified atom stereocenters. The Kier molecular flexibility index (Phi) is 5.13. The van der Waals surface area contributed by atoms with Gasteiger partial charge in [0.25, 0.3) is 10.0 Å². The summed E-state index contributed by atoms with van der Waals surface area (Å²) < 4.78 is 50.2. The standard InChI is InChI=1S/C18H16FNO6S/c1-11-10-13(19)4-7-16(11)27(23,24)20-14-5-2-12(3-6-14)17(21)26-15-8-9-25-18(15)22/h2-7,10,15,20H,8-9H2,1H3. The molecule has 0 aromatic heterocycles. The van der Waals surface area contributed by atoms with Crippen LogP contribution in [0.4, 0.5) is 10.1 Å². The van der Waals surface area contributed by atoms with Crippen LogP contribution in [0.25, 0.3) is 0 Å². The topological polar surface area (TPSA) is 98.8 Å². The summed E-state index contributed by atoms with van der Waals surface area (Å²) in [4.78, 5) is 23.3. The molecule has 0 spiro atoms. The molecule has 1 aliphatic rings. The molecule has 0 saturated carbocycles. The molecule has 9 heteroatoms. The van der Waals surface area contributed by atoms with Gasteiger partial charge in [0.05, 0.1) is 17.1 Å². The highest BCUT2D eigenvalue weighted by atomic mass is 32.2. The number of aryl methyl sites for hydroxylation is 1. The van der Waals surface area contributed by atoms with E-state index in [0.29, 0.717) is 6.42 Å². The number of cyclic esters (lactones) is 1. The Bertz CT molecular complexity index is 987. The minimum absolute atomic E-state index is 0.0490. The van der Waals surface area contributed by atoms with Crippen LogP contribution in [0.15, 0.2) is 47.4 Å². The molecular formula is C18H16FNO6S. The predicted octanol–water partition coefficient (Wildman–Crippen LogP) is 2.41. The van der Waals surface area contributed by atoms with E-state index in [4.69, 9.17) is 9.47 Å². The van der Waals surface area contributed by atoms with Crippen molar-refractivity contribution in [2.75, 3.05) is 11.3 Å². The third kappa shape index (κ3) is 4.25. The minimum atomic E-state index is -3.91. The summed E-state index contributed by atoms with van der Waals surface area (Å²) in [6.07, 6.45) is -0.614. The average molecular weight is 393 g/mol. The van der Waals surface area contributed by atoms with E-state index in [0.717, 1.165) is 12.1 Å². The van der Waals surface area contributed by atoms with E-state index in [9.17, 15) is 22.4 Å². The van der Waals surface area contributed by atoms with E-state index in [-0.39, 0.29) is 28.3 Å². The first-order valence-corrected chi connectivity index (χ1v) is 9.51. The summed E-state index contributed by atoms with van der Waals surface area (Å²) in [5.41, 5.74) is 0.650. The maximum absolute atomic E-state index is 13.2. The number of nitrogens with one attached hydrogen (secondary N) is 1. The van der Waals surface area contributed by atoms with Crippen LogP contribution in [-0.4, -0.2) is 33.1 Å². The van der Waals surface area contributed by atoms with Gasteiger partial charge in [-0.1, -0.05) is 0 Å². The van der Waals surface area contributed by atoms with Gasteiger partial charge >= 0.3 is 11.9 Å². The van der Waals surface area contributed by atoms with Gasteiger partial charge in [0.15, 0.2) is 0 Å². The molecule has 7 nitrogen and oxygen atoms in total. The van der Waals surface area contributed by atoms with Crippen LogP contribution in [0, 0.1) is 12.7 Å². The number of halogens is 1. The number of benzene rings is 2. The quantitative estimate of drug-likeness (QED) is 0.784. The van der Waals surface area contributed by atoms with Crippen LogP contribution in [-0.2, 0) is 24.3 Å². The summed E-state index contributed by atoms with van der Waals surface area (Å²) >= 11 is 0. The van der Waals surface area contributed by atoms with Gasteiger partial charge < -0.3 is 9.47 Å². The van der Waals surface area contributed by atoms with Crippen molar-refractivity contribution >= 4 is 27.6 Å². The van der Waals surface area contributed by atoms with Crippen molar-refractivity contribution in [1.29, 1.82) is 0 Å². The van der Waals surface area contributed by atoms with Gasteiger partial charge in [-0.3, -0.25) is 4.72 Å². The molecule has 0 aliphatic carbocycles. The smallest absolute Gasteiger partial charge is 0.347 e. The Morgan fingerprint density at radius 3 is 2.52 bits per heavy atom. The fourth-order valence-corrected chi connectivity index (χ4v) is 3.87. The number of esters is 2. The zero-order chi connectivity index (χ0) is 19.6. The van der Waals surface area contributed by atoms with Gasteiger partial charge in [0, 0.05) is 12.1 Å². The zero-order valence-corrected chi connectivity index (χ0v) is 15.1. The lowest BCUT2D eigenvalue weighted by Crippen LogP contribution is -2.22. The normalized spacial score (nSPS) is 16.7. The van der Waals surface area contributed by atoms with Crippen molar-refractivity contribution in [1.82, 2.24) is 0 Å². The third-order valence-corrected chi connectivity index (χ3v) is 5.48. The van der Waals surface area contributed by atoms with Crippen LogP contribution in [0.5, 0.6) is 0 Å². The molecule has 0 radical (unpaired) electrons. The van der Waals surface area contributed by atoms with Crippen LogP contribution < -0.4 is 4.72 Å². The molecule has 1 aliphatic heterocycles. The van der Waals surface area contributed by atoms with Gasteiger partial charge in [-0.05, 0) is 55.0 Å². The van der Waals surface area contributed by atoms with Crippen molar-refractivity contribution in [3.05, 3.63) is 59.4 Å². The molecule has 1 fully saturated rings. The number of carbonyl (C=O) groups excluding carboxylic acids is 2. The number of hydrogen-bond donors (Lipinski definition) is 1. The summed E-state index contributed by atoms with van der Waals surface area (Å²) in [6.45, 7) is 1.70. The molecule has 142 valence electrons. The fraction of sp³-hybridized carbons (Fsp3) is 0.222. The Labute approximate surface area is 155 Å². The molecule has 27 heavy (non-hydrogen) atoms. The van der Waals surface area contributed by atoms with Crippen LogP contribution >= 0.6 is 0 Å². The molecule has 0 bridgehead atoms. The first-order valence-electron chi connectivity index (χ1n) is 8.03. The highest BCUT2D eigenvalue weighted by Gasteiger charge is 2.30. The van der Waals surface area contributed by atoms with Gasteiger partial charge in [-0.25, -0.2) is 22.4 Å². The second-order valence-electron chi connectivity index (χ2n) is 5.94. The Hall–Kier alpha value is -2.94. The number of carbonyl (C=O) groups is 2. The van der Waals surface area contributed by atoms with Crippen molar-refractivity contribution in [3.8, 4) is 0 Å². The van der Waals surface area contributed by atoms with Gasteiger partial charge in [-0.2, -0.15) is 0 Å². The molecule has 1 heterocycles. The first kappa shape index (κ1) is 18.8.